The number of nitrogens with one attached hydrogen (secondary N) is 3. The SMILES string of the molecule is Cn1cc(C(=O)NC2(C(=O)NNc3ccc(Cl)cc3)CCC2)c(C(F)F)n1. The predicted molar refractivity (Wildman–Crippen MR) is 95.4 cm³/mol. The van der Waals surface area contributed by atoms with Crippen molar-refractivity contribution in [3.63, 3.8) is 0 Å². The first-order valence-electron chi connectivity index (χ1n) is 8.27. The fourth-order valence-electron chi connectivity index (χ4n) is 2.85. The fraction of sp³-hybridized carbons (Fsp3) is 0.353. The molecule has 0 aliphatic heterocycles. The van der Waals surface area contributed by atoms with Crippen LogP contribution >= 0.6 is 11.6 Å². The van der Waals surface area contributed by atoms with E-state index in [9.17, 15) is 18.4 Å². The average molecular weight is 398 g/mol. The van der Waals surface area contributed by atoms with Crippen LogP contribution in [0.4, 0.5) is 14.5 Å². The normalized spacial score (nSPS) is 15.1. The van der Waals surface area contributed by atoms with E-state index in [2.05, 4.69) is 21.3 Å². The summed E-state index contributed by atoms with van der Waals surface area (Å²) in [6.45, 7) is 0. The van der Waals surface area contributed by atoms with Gasteiger partial charge in [-0.2, -0.15) is 5.10 Å². The van der Waals surface area contributed by atoms with Crippen molar-refractivity contribution < 1.29 is 18.4 Å². The number of carbonyl (C=O) groups excluding carboxylic acids is 2. The molecule has 0 saturated heterocycles. The Balaban J connectivity index is 1.69. The number of amides is 2. The van der Waals surface area contributed by atoms with Gasteiger partial charge in [0.25, 0.3) is 18.2 Å². The molecule has 0 bridgehead atoms. The second-order valence-corrected chi connectivity index (χ2v) is 6.81. The Morgan fingerprint density at radius 1 is 1.26 bits per heavy atom. The number of hydrogen-bond donors (Lipinski definition) is 3. The van der Waals surface area contributed by atoms with Crippen molar-refractivity contribution in [1.82, 2.24) is 20.5 Å². The summed E-state index contributed by atoms with van der Waals surface area (Å²) in [6.07, 6.45) is -0.102. The number of aromatic nitrogens is 2. The molecule has 1 aliphatic rings. The van der Waals surface area contributed by atoms with Gasteiger partial charge in [-0.1, -0.05) is 11.6 Å². The number of rotatable bonds is 6. The van der Waals surface area contributed by atoms with Crippen molar-refractivity contribution in [2.24, 2.45) is 7.05 Å². The summed E-state index contributed by atoms with van der Waals surface area (Å²) in [6, 6.07) is 6.68. The van der Waals surface area contributed by atoms with Crippen LogP contribution in [0.3, 0.4) is 0 Å². The second kappa shape index (κ2) is 7.51. The van der Waals surface area contributed by atoms with Crippen LogP contribution in [-0.4, -0.2) is 27.1 Å². The van der Waals surface area contributed by atoms with Gasteiger partial charge in [-0.3, -0.25) is 25.1 Å². The summed E-state index contributed by atoms with van der Waals surface area (Å²) in [5.74, 6) is -1.20. The maximum atomic E-state index is 13.1. The lowest BCUT2D eigenvalue weighted by Gasteiger charge is -2.40. The van der Waals surface area contributed by atoms with Crippen LogP contribution in [0.25, 0.3) is 0 Å². The molecule has 0 radical (unpaired) electrons. The Bertz CT molecular complexity index is 850. The van der Waals surface area contributed by atoms with E-state index in [-0.39, 0.29) is 5.56 Å². The predicted octanol–water partition coefficient (Wildman–Crippen LogP) is 2.81. The number of benzene rings is 1. The first-order chi connectivity index (χ1) is 12.8. The van der Waals surface area contributed by atoms with Gasteiger partial charge in [0.05, 0.1) is 11.3 Å². The number of anilines is 1. The van der Waals surface area contributed by atoms with E-state index in [1.165, 1.54) is 13.2 Å². The zero-order chi connectivity index (χ0) is 19.6. The molecule has 1 fully saturated rings. The third kappa shape index (κ3) is 4.02. The molecule has 0 unspecified atom stereocenters. The van der Waals surface area contributed by atoms with Crippen LogP contribution in [0.1, 0.15) is 41.7 Å². The summed E-state index contributed by atoms with van der Waals surface area (Å²) in [5.41, 5.74) is 3.91. The molecule has 2 amide bonds. The first-order valence-corrected chi connectivity index (χ1v) is 8.65. The van der Waals surface area contributed by atoms with Gasteiger partial charge in [-0.05, 0) is 43.5 Å². The van der Waals surface area contributed by atoms with E-state index in [4.69, 9.17) is 11.6 Å². The Hall–Kier alpha value is -2.68. The molecule has 7 nitrogen and oxygen atoms in total. The van der Waals surface area contributed by atoms with Crippen LogP contribution in [-0.2, 0) is 11.8 Å². The Labute approximate surface area is 159 Å². The fourth-order valence-corrected chi connectivity index (χ4v) is 2.97. The summed E-state index contributed by atoms with van der Waals surface area (Å²) in [5, 5.41) is 6.77. The molecule has 1 saturated carbocycles. The number of hydrogen-bond acceptors (Lipinski definition) is 4. The highest BCUT2D eigenvalue weighted by molar-refractivity contribution is 6.30. The van der Waals surface area contributed by atoms with Gasteiger partial charge in [0.2, 0.25) is 0 Å². The third-order valence-electron chi connectivity index (χ3n) is 4.47. The van der Waals surface area contributed by atoms with Crippen LogP contribution in [0, 0.1) is 0 Å². The van der Waals surface area contributed by atoms with E-state index in [1.807, 2.05) is 0 Å². The third-order valence-corrected chi connectivity index (χ3v) is 4.72. The molecule has 0 atom stereocenters. The van der Waals surface area contributed by atoms with Crippen molar-refractivity contribution in [1.29, 1.82) is 0 Å². The highest BCUT2D eigenvalue weighted by Gasteiger charge is 2.46. The number of aryl methyl sites for hydroxylation is 1. The minimum Gasteiger partial charge on any atom is -0.337 e. The molecule has 3 rings (SSSR count). The minimum atomic E-state index is -2.88. The summed E-state index contributed by atoms with van der Waals surface area (Å²) < 4.78 is 27.3. The van der Waals surface area contributed by atoms with Crippen molar-refractivity contribution in [3.8, 4) is 0 Å². The molecule has 1 aromatic heterocycles. The summed E-state index contributed by atoms with van der Waals surface area (Å²) in [7, 11) is 1.45. The lowest BCUT2D eigenvalue weighted by atomic mass is 9.76. The van der Waals surface area contributed by atoms with E-state index in [0.717, 1.165) is 11.1 Å². The van der Waals surface area contributed by atoms with Crippen molar-refractivity contribution in [2.75, 3.05) is 5.43 Å². The molecule has 0 spiro atoms. The van der Waals surface area contributed by atoms with Gasteiger partial charge in [-0.25, -0.2) is 8.78 Å². The van der Waals surface area contributed by atoms with Gasteiger partial charge >= 0.3 is 0 Å². The minimum absolute atomic E-state index is 0.239. The van der Waals surface area contributed by atoms with Gasteiger partial charge in [-0.15, -0.1) is 0 Å². The Kier molecular flexibility index (Phi) is 5.31. The summed E-state index contributed by atoms with van der Waals surface area (Å²) >= 11 is 5.81. The standard InChI is InChI=1S/C17H18ClF2N5O2/c1-25-9-12(13(24-25)14(19)20)15(26)21-17(7-2-8-17)16(27)23-22-11-5-3-10(18)4-6-11/h3-6,9,14,22H,2,7-8H2,1H3,(H,21,26)(H,23,27). The Morgan fingerprint density at radius 2 is 1.93 bits per heavy atom. The molecule has 1 aromatic carbocycles. The van der Waals surface area contributed by atoms with Gasteiger partial charge < -0.3 is 5.32 Å². The number of halogens is 3. The van der Waals surface area contributed by atoms with E-state index in [0.29, 0.717) is 23.6 Å². The molecule has 1 aliphatic carbocycles. The number of nitrogens with zero attached hydrogens (tertiary/aromatic N) is 2. The molecule has 10 heteroatoms. The van der Waals surface area contributed by atoms with E-state index in [1.54, 1.807) is 24.3 Å². The van der Waals surface area contributed by atoms with Crippen molar-refractivity contribution in [3.05, 3.63) is 46.7 Å². The zero-order valence-electron chi connectivity index (χ0n) is 14.4. The maximum Gasteiger partial charge on any atom is 0.282 e. The Morgan fingerprint density at radius 3 is 2.48 bits per heavy atom. The highest BCUT2D eigenvalue weighted by Crippen LogP contribution is 2.33. The van der Waals surface area contributed by atoms with Gasteiger partial charge in [0.1, 0.15) is 11.2 Å². The molecular weight excluding hydrogens is 380 g/mol. The average Bonchev–Trinajstić information content (AvgIpc) is 2.99. The van der Waals surface area contributed by atoms with Crippen LogP contribution in [0.2, 0.25) is 5.02 Å². The summed E-state index contributed by atoms with van der Waals surface area (Å²) in [4.78, 5) is 25.1. The van der Waals surface area contributed by atoms with Crippen LogP contribution in [0.15, 0.2) is 30.5 Å². The second-order valence-electron chi connectivity index (χ2n) is 6.38. The molecular formula is C17H18ClF2N5O2. The van der Waals surface area contributed by atoms with E-state index >= 15 is 0 Å². The number of hydrazine groups is 1. The highest BCUT2D eigenvalue weighted by atomic mass is 35.5. The van der Waals surface area contributed by atoms with Crippen LogP contribution in [0.5, 0.6) is 0 Å². The smallest absolute Gasteiger partial charge is 0.282 e. The first kappa shape index (κ1) is 19.1. The molecule has 1 heterocycles. The number of carbonyl (C=O) groups is 2. The van der Waals surface area contributed by atoms with Crippen molar-refractivity contribution in [2.45, 2.75) is 31.2 Å². The number of alkyl halides is 2. The molecule has 2 aromatic rings. The lowest BCUT2D eigenvalue weighted by molar-refractivity contribution is -0.130. The molecule has 144 valence electrons. The molecule has 27 heavy (non-hydrogen) atoms. The van der Waals surface area contributed by atoms with E-state index < -0.39 is 29.5 Å². The van der Waals surface area contributed by atoms with Crippen LogP contribution < -0.4 is 16.2 Å². The molecule has 3 N–H and O–H groups in total. The maximum absolute atomic E-state index is 13.1. The zero-order valence-corrected chi connectivity index (χ0v) is 15.2. The lowest BCUT2D eigenvalue weighted by Crippen LogP contribution is -2.63. The van der Waals surface area contributed by atoms with Gasteiger partial charge in [0, 0.05) is 18.3 Å². The van der Waals surface area contributed by atoms with Crippen molar-refractivity contribution >= 4 is 29.1 Å². The quantitative estimate of drug-likeness (QED) is 0.654. The monoisotopic (exact) mass is 397 g/mol. The largest absolute Gasteiger partial charge is 0.337 e. The van der Waals surface area contributed by atoms with Gasteiger partial charge in [0.15, 0.2) is 0 Å². The topological polar surface area (TPSA) is 88.0 Å².